The number of hydrogen-bond acceptors (Lipinski definition) is 4. The Labute approximate surface area is 118 Å². The zero-order valence-electron chi connectivity index (χ0n) is 10.8. The molecule has 1 aromatic carbocycles. The summed E-state index contributed by atoms with van der Waals surface area (Å²) in [6.45, 7) is 1.01. The fraction of sp³-hybridized carbons (Fsp3) is 0.400. The van der Waals surface area contributed by atoms with Crippen molar-refractivity contribution in [1.29, 1.82) is 5.26 Å². The standard InChI is InChI=1S/C15H17N3S/c16-10-11(12-6-2-1-5-9-17-12)15-18-13-7-3-4-8-14(13)19-15/h3-4,7-8,12,17-18H,1-2,5-6,9H2/b15-11-/t12-/m0/s1. The molecule has 2 N–H and O–H groups in total. The Balaban J connectivity index is 1.87. The summed E-state index contributed by atoms with van der Waals surface area (Å²) >= 11 is 1.68. The second-order valence-electron chi connectivity index (χ2n) is 4.93. The summed E-state index contributed by atoms with van der Waals surface area (Å²) in [6.07, 6.45) is 4.74. The Hall–Kier alpha value is -1.44. The molecule has 3 nitrogen and oxygen atoms in total. The van der Waals surface area contributed by atoms with Crippen molar-refractivity contribution in [2.75, 3.05) is 11.9 Å². The minimum absolute atomic E-state index is 0.205. The van der Waals surface area contributed by atoms with Crippen LogP contribution in [0.5, 0.6) is 0 Å². The van der Waals surface area contributed by atoms with E-state index in [4.69, 9.17) is 0 Å². The second-order valence-corrected chi connectivity index (χ2v) is 5.99. The van der Waals surface area contributed by atoms with Gasteiger partial charge in [0.15, 0.2) is 0 Å². The van der Waals surface area contributed by atoms with Crippen molar-refractivity contribution in [1.82, 2.24) is 5.32 Å². The molecule has 0 amide bonds. The molecule has 2 heterocycles. The van der Waals surface area contributed by atoms with Crippen LogP contribution >= 0.6 is 11.8 Å². The van der Waals surface area contributed by atoms with Gasteiger partial charge in [-0.3, -0.25) is 0 Å². The molecule has 1 atom stereocenters. The van der Waals surface area contributed by atoms with Crippen LogP contribution in [0.15, 0.2) is 39.8 Å². The van der Waals surface area contributed by atoms with Crippen LogP contribution in [0.2, 0.25) is 0 Å². The first kappa shape index (κ1) is 12.6. The van der Waals surface area contributed by atoms with Crippen molar-refractivity contribution in [3.63, 3.8) is 0 Å². The summed E-state index contributed by atoms with van der Waals surface area (Å²) in [5, 5.41) is 17.4. The highest BCUT2D eigenvalue weighted by Crippen LogP contribution is 2.42. The van der Waals surface area contributed by atoms with E-state index in [-0.39, 0.29) is 6.04 Å². The maximum Gasteiger partial charge on any atom is 0.0991 e. The molecule has 0 aromatic heterocycles. The van der Waals surface area contributed by atoms with Gasteiger partial charge in [-0.1, -0.05) is 36.7 Å². The van der Waals surface area contributed by atoms with Crippen LogP contribution in [0, 0.1) is 11.3 Å². The highest BCUT2D eigenvalue weighted by atomic mass is 32.2. The SMILES string of the molecule is N#C/C(=C1\Nc2ccccc2S1)[C@@H]1CCCCCN1. The molecule has 4 heteroatoms. The summed E-state index contributed by atoms with van der Waals surface area (Å²) in [5.41, 5.74) is 1.98. The van der Waals surface area contributed by atoms with E-state index in [1.165, 1.54) is 24.2 Å². The monoisotopic (exact) mass is 271 g/mol. The molecule has 0 aliphatic carbocycles. The van der Waals surface area contributed by atoms with Crippen molar-refractivity contribution in [3.8, 4) is 6.07 Å². The van der Waals surface area contributed by atoms with E-state index in [1.807, 2.05) is 12.1 Å². The fourth-order valence-electron chi connectivity index (χ4n) is 2.60. The molecule has 2 aliphatic heterocycles. The Morgan fingerprint density at radius 3 is 3.00 bits per heavy atom. The topological polar surface area (TPSA) is 47.9 Å². The normalized spacial score (nSPS) is 24.9. The maximum atomic E-state index is 9.51. The van der Waals surface area contributed by atoms with Crippen molar-refractivity contribution < 1.29 is 0 Å². The minimum Gasteiger partial charge on any atom is -0.348 e. The average molecular weight is 271 g/mol. The summed E-state index contributed by atoms with van der Waals surface area (Å²) < 4.78 is 0. The Morgan fingerprint density at radius 1 is 1.26 bits per heavy atom. The number of hydrogen-bond donors (Lipinski definition) is 2. The molecule has 98 valence electrons. The van der Waals surface area contributed by atoms with Gasteiger partial charge >= 0.3 is 0 Å². The molecular formula is C15H17N3S. The number of nitrogens with one attached hydrogen (secondary N) is 2. The predicted octanol–water partition coefficient (Wildman–Crippen LogP) is 3.47. The third-order valence-corrected chi connectivity index (χ3v) is 4.72. The van der Waals surface area contributed by atoms with E-state index in [9.17, 15) is 5.26 Å². The van der Waals surface area contributed by atoms with Crippen molar-refractivity contribution in [2.45, 2.75) is 36.6 Å². The minimum atomic E-state index is 0.205. The van der Waals surface area contributed by atoms with Crippen LogP contribution in [-0.4, -0.2) is 12.6 Å². The number of fused-ring (bicyclic) bond motifs is 1. The molecule has 1 saturated heterocycles. The maximum absolute atomic E-state index is 9.51. The molecule has 0 bridgehead atoms. The third kappa shape index (κ3) is 2.63. The predicted molar refractivity (Wildman–Crippen MR) is 78.8 cm³/mol. The average Bonchev–Trinajstić information content (AvgIpc) is 2.67. The van der Waals surface area contributed by atoms with Gasteiger partial charge in [0.1, 0.15) is 0 Å². The van der Waals surface area contributed by atoms with Crippen molar-refractivity contribution in [2.24, 2.45) is 0 Å². The van der Waals surface area contributed by atoms with Crippen LogP contribution in [0.3, 0.4) is 0 Å². The summed E-state index contributed by atoms with van der Waals surface area (Å²) in [6, 6.07) is 10.8. The molecule has 0 spiro atoms. The molecule has 2 aliphatic rings. The van der Waals surface area contributed by atoms with Crippen LogP contribution in [0.4, 0.5) is 5.69 Å². The number of nitrogens with zero attached hydrogens (tertiary/aromatic N) is 1. The first-order chi connectivity index (χ1) is 9.38. The third-order valence-electron chi connectivity index (χ3n) is 3.62. The van der Waals surface area contributed by atoms with Crippen LogP contribution in [0.1, 0.15) is 25.7 Å². The summed E-state index contributed by atoms with van der Waals surface area (Å²) in [4.78, 5) is 1.21. The zero-order valence-corrected chi connectivity index (χ0v) is 11.6. The van der Waals surface area contributed by atoms with Gasteiger partial charge in [-0.25, -0.2) is 0 Å². The largest absolute Gasteiger partial charge is 0.348 e. The number of nitriles is 1. The number of rotatable bonds is 1. The number of benzene rings is 1. The van der Waals surface area contributed by atoms with Gasteiger partial charge in [-0.15, -0.1) is 0 Å². The van der Waals surface area contributed by atoms with Gasteiger partial charge in [0.05, 0.1) is 22.4 Å². The van der Waals surface area contributed by atoms with E-state index >= 15 is 0 Å². The van der Waals surface area contributed by atoms with Gasteiger partial charge in [0, 0.05) is 10.9 Å². The second kappa shape index (κ2) is 5.68. The molecular weight excluding hydrogens is 254 g/mol. The van der Waals surface area contributed by atoms with Crippen LogP contribution < -0.4 is 10.6 Å². The van der Waals surface area contributed by atoms with Gasteiger partial charge < -0.3 is 10.6 Å². The highest BCUT2D eigenvalue weighted by Gasteiger charge is 2.24. The smallest absolute Gasteiger partial charge is 0.0991 e. The van der Waals surface area contributed by atoms with Crippen LogP contribution in [0.25, 0.3) is 0 Å². The van der Waals surface area contributed by atoms with Gasteiger partial charge in [-0.05, 0) is 31.5 Å². The van der Waals surface area contributed by atoms with Crippen LogP contribution in [-0.2, 0) is 0 Å². The van der Waals surface area contributed by atoms with E-state index in [2.05, 4.69) is 28.8 Å². The summed E-state index contributed by atoms with van der Waals surface area (Å²) in [7, 11) is 0. The van der Waals surface area contributed by atoms with Gasteiger partial charge in [-0.2, -0.15) is 5.26 Å². The Kier molecular flexibility index (Phi) is 3.77. The van der Waals surface area contributed by atoms with Gasteiger partial charge in [0.25, 0.3) is 0 Å². The first-order valence-electron chi connectivity index (χ1n) is 6.80. The molecule has 3 rings (SSSR count). The van der Waals surface area contributed by atoms with Crippen molar-refractivity contribution >= 4 is 17.4 Å². The first-order valence-corrected chi connectivity index (χ1v) is 7.61. The Bertz CT molecular complexity index is 510. The molecule has 0 radical (unpaired) electrons. The van der Waals surface area contributed by atoms with E-state index in [1.54, 1.807) is 11.8 Å². The molecule has 0 unspecified atom stereocenters. The van der Waals surface area contributed by atoms with E-state index in [0.29, 0.717) is 0 Å². The zero-order chi connectivity index (χ0) is 13.1. The Morgan fingerprint density at radius 2 is 2.16 bits per heavy atom. The fourth-order valence-corrected chi connectivity index (χ4v) is 3.66. The molecule has 0 saturated carbocycles. The lowest BCUT2D eigenvalue weighted by Gasteiger charge is -2.16. The molecule has 19 heavy (non-hydrogen) atoms. The van der Waals surface area contributed by atoms with E-state index in [0.717, 1.165) is 29.3 Å². The van der Waals surface area contributed by atoms with Gasteiger partial charge in [0.2, 0.25) is 0 Å². The lowest BCUT2D eigenvalue weighted by Crippen LogP contribution is -2.30. The highest BCUT2D eigenvalue weighted by molar-refractivity contribution is 8.03. The summed E-state index contributed by atoms with van der Waals surface area (Å²) in [5.74, 6) is 0. The lowest BCUT2D eigenvalue weighted by atomic mass is 10.0. The lowest BCUT2D eigenvalue weighted by molar-refractivity contribution is 0.581. The number of thioether (sulfide) groups is 1. The van der Waals surface area contributed by atoms with Crippen molar-refractivity contribution in [3.05, 3.63) is 34.9 Å². The van der Waals surface area contributed by atoms with E-state index < -0.39 is 0 Å². The molecule has 1 aromatic rings. The quantitative estimate of drug-likeness (QED) is 0.768. The molecule has 1 fully saturated rings. The number of para-hydroxylation sites is 1. The number of anilines is 1.